The molecule has 0 aliphatic heterocycles. The molecule has 2 aromatic rings. The summed E-state index contributed by atoms with van der Waals surface area (Å²) in [6.07, 6.45) is 3.03. The number of carbonyl (C=O) groups excluding carboxylic acids is 1. The van der Waals surface area contributed by atoms with E-state index in [0.29, 0.717) is 22.4 Å². The maximum absolute atomic E-state index is 12.5. The number of carbonyl (C=O) groups is 1. The lowest BCUT2D eigenvalue weighted by atomic mass is 9.89. The Morgan fingerprint density at radius 3 is 2.93 bits per heavy atom. The molecule has 0 bridgehead atoms. The van der Waals surface area contributed by atoms with Crippen molar-refractivity contribution < 1.29 is 4.79 Å². The van der Waals surface area contributed by atoms with E-state index < -0.39 is 0 Å². The smallest absolute Gasteiger partial charge is 0.235 e. The van der Waals surface area contributed by atoms with Crippen LogP contribution in [0, 0.1) is 17.2 Å². The van der Waals surface area contributed by atoms with Crippen molar-refractivity contribution >= 4 is 34.0 Å². The number of nitrogens with one attached hydrogen (secondary N) is 1. The van der Waals surface area contributed by atoms with Crippen molar-refractivity contribution in [3.05, 3.63) is 21.8 Å². The number of nitriles is 1. The highest BCUT2D eigenvalue weighted by Gasteiger charge is 2.25. The maximum Gasteiger partial charge on any atom is 0.235 e. The van der Waals surface area contributed by atoms with Gasteiger partial charge in [0.2, 0.25) is 5.91 Å². The zero-order chi connectivity index (χ0) is 19.6. The summed E-state index contributed by atoms with van der Waals surface area (Å²) in [6, 6.07) is 2.29. The van der Waals surface area contributed by atoms with Gasteiger partial charge in [-0.3, -0.25) is 4.79 Å². The second-order valence-electron chi connectivity index (χ2n) is 7.24. The maximum atomic E-state index is 12.5. The van der Waals surface area contributed by atoms with Crippen LogP contribution in [0.15, 0.2) is 5.16 Å². The Labute approximate surface area is 168 Å². The molecular weight excluding hydrogens is 378 g/mol. The molecule has 1 N–H and O–H groups in total. The van der Waals surface area contributed by atoms with Crippen molar-refractivity contribution in [2.75, 3.05) is 11.1 Å². The summed E-state index contributed by atoms with van der Waals surface area (Å²) in [5.74, 6) is 2.00. The van der Waals surface area contributed by atoms with Crippen molar-refractivity contribution in [2.45, 2.75) is 64.6 Å². The number of anilines is 1. The summed E-state index contributed by atoms with van der Waals surface area (Å²) in [7, 11) is 0. The van der Waals surface area contributed by atoms with Gasteiger partial charge in [-0.15, -0.1) is 21.5 Å². The lowest BCUT2D eigenvalue weighted by molar-refractivity contribution is -0.113. The highest BCUT2D eigenvalue weighted by molar-refractivity contribution is 7.99. The molecule has 3 rings (SSSR count). The molecule has 0 fully saturated rings. The molecule has 0 saturated heterocycles. The van der Waals surface area contributed by atoms with Gasteiger partial charge in [0.15, 0.2) is 5.16 Å². The average Bonchev–Trinajstić information content (AvgIpc) is 3.19. The van der Waals surface area contributed by atoms with Crippen LogP contribution in [0.25, 0.3) is 0 Å². The van der Waals surface area contributed by atoms with Crippen molar-refractivity contribution in [3.63, 3.8) is 0 Å². The number of aromatic nitrogens is 3. The molecule has 6 nitrogen and oxygen atoms in total. The first-order valence-corrected chi connectivity index (χ1v) is 11.1. The molecule has 2 heterocycles. The van der Waals surface area contributed by atoms with E-state index in [0.717, 1.165) is 42.4 Å². The minimum absolute atomic E-state index is 0.111. The number of thioether (sulfide) groups is 1. The van der Waals surface area contributed by atoms with Gasteiger partial charge in [-0.2, -0.15) is 5.26 Å². The molecule has 8 heteroatoms. The number of fused-ring (bicyclic) bond motifs is 1. The van der Waals surface area contributed by atoms with Crippen LogP contribution < -0.4 is 5.32 Å². The second-order valence-corrected chi connectivity index (χ2v) is 9.29. The van der Waals surface area contributed by atoms with E-state index in [1.54, 1.807) is 11.3 Å². The van der Waals surface area contributed by atoms with E-state index in [9.17, 15) is 10.1 Å². The number of rotatable bonds is 6. The highest BCUT2D eigenvalue weighted by atomic mass is 32.2. The van der Waals surface area contributed by atoms with Gasteiger partial charge >= 0.3 is 0 Å². The van der Waals surface area contributed by atoms with Crippen LogP contribution in [0.1, 0.15) is 61.9 Å². The first kappa shape index (κ1) is 19.9. The molecule has 1 amide bonds. The van der Waals surface area contributed by atoms with Crippen molar-refractivity contribution in [1.82, 2.24) is 14.8 Å². The topological polar surface area (TPSA) is 83.6 Å². The molecule has 0 radical (unpaired) electrons. The first-order valence-electron chi connectivity index (χ1n) is 9.34. The predicted octanol–water partition coefficient (Wildman–Crippen LogP) is 4.21. The monoisotopic (exact) mass is 403 g/mol. The molecule has 1 atom stereocenters. The molecule has 144 valence electrons. The van der Waals surface area contributed by atoms with Crippen LogP contribution in [0.2, 0.25) is 0 Å². The van der Waals surface area contributed by atoms with E-state index >= 15 is 0 Å². The molecule has 0 aromatic carbocycles. The molecule has 0 saturated carbocycles. The van der Waals surface area contributed by atoms with Crippen molar-refractivity contribution in [1.29, 1.82) is 5.26 Å². The lowest BCUT2D eigenvalue weighted by Crippen LogP contribution is -2.15. The minimum Gasteiger partial charge on any atom is -0.316 e. The Morgan fingerprint density at radius 2 is 2.26 bits per heavy atom. The summed E-state index contributed by atoms with van der Waals surface area (Å²) in [6.45, 7) is 9.23. The SMILES string of the molecule is CCn1c(SCC(=O)Nc2sc3c(c2C#N)CCC(C)C3)nnc1C(C)C. The Balaban J connectivity index is 1.68. The number of amides is 1. The van der Waals surface area contributed by atoms with E-state index in [4.69, 9.17) is 0 Å². The number of hydrogen-bond donors (Lipinski definition) is 1. The first-order chi connectivity index (χ1) is 12.9. The van der Waals surface area contributed by atoms with Crippen LogP contribution in [-0.2, 0) is 24.2 Å². The summed E-state index contributed by atoms with van der Waals surface area (Å²) in [4.78, 5) is 13.7. The normalized spacial score (nSPS) is 16.2. The summed E-state index contributed by atoms with van der Waals surface area (Å²) < 4.78 is 2.05. The van der Waals surface area contributed by atoms with Crippen molar-refractivity contribution in [3.8, 4) is 6.07 Å². The van der Waals surface area contributed by atoms with Gasteiger partial charge in [-0.05, 0) is 37.7 Å². The molecule has 2 aromatic heterocycles. The van der Waals surface area contributed by atoms with Crippen molar-refractivity contribution in [2.24, 2.45) is 5.92 Å². The number of nitrogens with zero attached hydrogens (tertiary/aromatic N) is 4. The lowest BCUT2D eigenvalue weighted by Gasteiger charge is -2.17. The Hall–Kier alpha value is -1.85. The Kier molecular flexibility index (Phi) is 6.22. The van der Waals surface area contributed by atoms with E-state index in [1.807, 2.05) is 0 Å². The van der Waals surface area contributed by atoms with Crippen LogP contribution in [0.4, 0.5) is 5.00 Å². The van der Waals surface area contributed by atoms with Crippen LogP contribution in [0.3, 0.4) is 0 Å². The standard InChI is InChI=1S/C19H25N5OS2/c1-5-24-17(11(2)3)22-23-19(24)26-10-16(25)21-18-14(9-20)13-7-6-12(4)8-15(13)27-18/h11-12H,5-8,10H2,1-4H3,(H,21,25). The fraction of sp³-hybridized carbons (Fsp3) is 0.579. The largest absolute Gasteiger partial charge is 0.316 e. The zero-order valence-corrected chi connectivity index (χ0v) is 17.8. The van der Waals surface area contributed by atoms with Gasteiger partial charge in [0.1, 0.15) is 16.9 Å². The van der Waals surface area contributed by atoms with Gasteiger partial charge < -0.3 is 9.88 Å². The van der Waals surface area contributed by atoms with Crippen LogP contribution >= 0.6 is 23.1 Å². The zero-order valence-electron chi connectivity index (χ0n) is 16.2. The van der Waals surface area contributed by atoms with Gasteiger partial charge in [0, 0.05) is 17.3 Å². The number of thiophene rings is 1. The van der Waals surface area contributed by atoms with Crippen LogP contribution in [0.5, 0.6) is 0 Å². The fourth-order valence-corrected chi connectivity index (χ4v) is 5.57. The third-order valence-corrected chi connectivity index (χ3v) is 6.92. The second kappa shape index (κ2) is 8.44. The van der Waals surface area contributed by atoms with Gasteiger partial charge in [-0.1, -0.05) is 32.5 Å². The predicted molar refractivity (Wildman–Crippen MR) is 109 cm³/mol. The Bertz CT molecular complexity index is 878. The highest BCUT2D eigenvalue weighted by Crippen LogP contribution is 2.39. The van der Waals surface area contributed by atoms with E-state index in [1.165, 1.54) is 16.6 Å². The minimum atomic E-state index is -0.111. The van der Waals surface area contributed by atoms with Crippen LogP contribution in [-0.4, -0.2) is 26.4 Å². The molecular formula is C19H25N5OS2. The van der Waals surface area contributed by atoms with Gasteiger partial charge in [0.25, 0.3) is 0 Å². The summed E-state index contributed by atoms with van der Waals surface area (Å²) in [5, 5.41) is 22.4. The number of hydrogen-bond acceptors (Lipinski definition) is 6. The quantitative estimate of drug-likeness (QED) is 0.731. The fourth-order valence-electron chi connectivity index (χ4n) is 3.38. The molecule has 0 spiro atoms. The van der Waals surface area contributed by atoms with Gasteiger partial charge in [0.05, 0.1) is 11.3 Å². The molecule has 1 unspecified atom stereocenters. The third kappa shape index (κ3) is 4.19. The molecule has 1 aliphatic rings. The van der Waals surface area contributed by atoms with E-state index in [2.05, 4.69) is 53.8 Å². The molecule has 27 heavy (non-hydrogen) atoms. The Morgan fingerprint density at radius 1 is 1.48 bits per heavy atom. The van der Waals surface area contributed by atoms with Gasteiger partial charge in [-0.25, -0.2) is 0 Å². The third-order valence-electron chi connectivity index (χ3n) is 4.79. The molecule has 1 aliphatic carbocycles. The summed E-state index contributed by atoms with van der Waals surface area (Å²) in [5.41, 5.74) is 1.79. The average molecular weight is 404 g/mol. The summed E-state index contributed by atoms with van der Waals surface area (Å²) >= 11 is 2.94. The van der Waals surface area contributed by atoms with E-state index in [-0.39, 0.29) is 11.7 Å².